The molecule has 0 unspecified atom stereocenters. The first kappa shape index (κ1) is 12.7. The molecule has 1 aromatic carbocycles. The Morgan fingerprint density at radius 1 is 1.28 bits per heavy atom. The second-order valence-electron chi connectivity index (χ2n) is 4.10. The molecule has 5 heteroatoms. The monoisotopic (exact) mass is 255 g/mol. The molecule has 18 heavy (non-hydrogen) atoms. The Labute approximate surface area is 102 Å². The van der Waals surface area contributed by atoms with Gasteiger partial charge in [-0.1, -0.05) is 6.07 Å². The van der Waals surface area contributed by atoms with E-state index >= 15 is 0 Å². The van der Waals surface area contributed by atoms with Crippen molar-refractivity contribution >= 4 is 16.7 Å². The Hall–Kier alpha value is -1.78. The molecule has 0 radical (unpaired) electrons. The number of alkyl halides is 3. The summed E-state index contributed by atoms with van der Waals surface area (Å²) in [6, 6.07) is 5.15. The second kappa shape index (κ2) is 4.15. The van der Waals surface area contributed by atoms with Gasteiger partial charge in [-0.3, -0.25) is 4.79 Å². The highest BCUT2D eigenvalue weighted by molar-refractivity contribution is 5.98. The van der Waals surface area contributed by atoms with Gasteiger partial charge in [-0.2, -0.15) is 13.2 Å². The molecule has 0 atom stereocenters. The van der Waals surface area contributed by atoms with Crippen LogP contribution in [0.1, 0.15) is 29.9 Å². The largest absolute Gasteiger partial charge is 0.416 e. The number of carbonyl (C=O) groups is 1. The van der Waals surface area contributed by atoms with Crippen molar-refractivity contribution in [3.63, 3.8) is 0 Å². The molecule has 0 amide bonds. The van der Waals surface area contributed by atoms with Gasteiger partial charge in [0.05, 0.1) is 11.3 Å². The SMILES string of the molecule is CCn1c(C(C)=O)cc2ccc(C(F)(F)F)cc21. The van der Waals surface area contributed by atoms with Gasteiger partial charge in [0, 0.05) is 24.4 Å². The number of ketones is 1. The number of halogens is 3. The van der Waals surface area contributed by atoms with Crippen molar-refractivity contribution in [2.45, 2.75) is 26.6 Å². The van der Waals surface area contributed by atoms with Crippen molar-refractivity contribution in [2.24, 2.45) is 0 Å². The highest BCUT2D eigenvalue weighted by atomic mass is 19.4. The van der Waals surface area contributed by atoms with Crippen LogP contribution in [0.25, 0.3) is 10.9 Å². The number of benzene rings is 1. The van der Waals surface area contributed by atoms with Crippen LogP contribution in [-0.4, -0.2) is 10.4 Å². The Morgan fingerprint density at radius 2 is 1.94 bits per heavy atom. The van der Waals surface area contributed by atoms with Crippen LogP contribution < -0.4 is 0 Å². The van der Waals surface area contributed by atoms with Gasteiger partial charge >= 0.3 is 6.18 Å². The van der Waals surface area contributed by atoms with Crippen LogP contribution in [0.3, 0.4) is 0 Å². The highest BCUT2D eigenvalue weighted by Crippen LogP contribution is 2.32. The number of rotatable bonds is 2. The smallest absolute Gasteiger partial charge is 0.338 e. The molecule has 96 valence electrons. The fraction of sp³-hybridized carbons (Fsp3) is 0.308. The van der Waals surface area contributed by atoms with Crippen molar-refractivity contribution in [3.8, 4) is 0 Å². The lowest BCUT2D eigenvalue weighted by atomic mass is 10.1. The van der Waals surface area contributed by atoms with E-state index < -0.39 is 11.7 Å². The summed E-state index contributed by atoms with van der Waals surface area (Å²) in [4.78, 5) is 11.4. The number of carbonyl (C=O) groups excluding carboxylic acids is 1. The van der Waals surface area contributed by atoms with Crippen LogP contribution in [0.5, 0.6) is 0 Å². The normalized spacial score (nSPS) is 12.1. The second-order valence-corrected chi connectivity index (χ2v) is 4.10. The quantitative estimate of drug-likeness (QED) is 0.746. The highest BCUT2D eigenvalue weighted by Gasteiger charge is 2.31. The third-order valence-electron chi connectivity index (χ3n) is 2.91. The summed E-state index contributed by atoms with van der Waals surface area (Å²) in [7, 11) is 0. The summed E-state index contributed by atoms with van der Waals surface area (Å²) in [5.41, 5.74) is 0.183. The maximum atomic E-state index is 12.6. The molecule has 0 aliphatic rings. The fourth-order valence-corrected chi connectivity index (χ4v) is 2.06. The maximum absolute atomic E-state index is 12.6. The molecule has 0 spiro atoms. The molecule has 0 aliphatic heterocycles. The Kier molecular flexibility index (Phi) is 2.92. The Morgan fingerprint density at radius 3 is 2.44 bits per heavy atom. The van der Waals surface area contributed by atoms with Crippen LogP contribution in [0, 0.1) is 0 Å². The minimum absolute atomic E-state index is 0.151. The molecule has 0 bridgehead atoms. The van der Waals surface area contributed by atoms with E-state index in [4.69, 9.17) is 0 Å². The van der Waals surface area contributed by atoms with Gasteiger partial charge in [-0.15, -0.1) is 0 Å². The zero-order chi connectivity index (χ0) is 13.5. The first-order valence-electron chi connectivity index (χ1n) is 5.56. The van der Waals surface area contributed by atoms with E-state index in [1.54, 1.807) is 17.6 Å². The topological polar surface area (TPSA) is 22.0 Å². The number of aryl methyl sites for hydroxylation is 1. The molecule has 0 aliphatic carbocycles. The van der Waals surface area contributed by atoms with E-state index in [1.165, 1.54) is 13.0 Å². The van der Waals surface area contributed by atoms with Gasteiger partial charge in [-0.25, -0.2) is 0 Å². The number of hydrogen-bond donors (Lipinski definition) is 0. The lowest BCUT2D eigenvalue weighted by Gasteiger charge is -2.09. The van der Waals surface area contributed by atoms with Crippen LogP contribution >= 0.6 is 0 Å². The minimum atomic E-state index is -4.37. The average molecular weight is 255 g/mol. The van der Waals surface area contributed by atoms with Crippen LogP contribution in [0.4, 0.5) is 13.2 Å². The molecule has 1 aromatic heterocycles. The molecule has 2 nitrogen and oxygen atoms in total. The predicted octanol–water partition coefficient (Wildman–Crippen LogP) is 3.88. The third-order valence-corrected chi connectivity index (χ3v) is 2.91. The number of hydrogen-bond acceptors (Lipinski definition) is 1. The summed E-state index contributed by atoms with van der Waals surface area (Å²) < 4.78 is 39.5. The van der Waals surface area contributed by atoms with Gasteiger partial charge in [0.2, 0.25) is 0 Å². The van der Waals surface area contributed by atoms with Gasteiger partial charge in [0.15, 0.2) is 5.78 Å². The zero-order valence-electron chi connectivity index (χ0n) is 10.0. The van der Waals surface area contributed by atoms with Gasteiger partial charge in [-0.05, 0) is 25.1 Å². The van der Waals surface area contributed by atoms with Crippen LogP contribution in [0.2, 0.25) is 0 Å². The van der Waals surface area contributed by atoms with Crippen molar-refractivity contribution < 1.29 is 18.0 Å². The summed E-state index contributed by atoms with van der Waals surface area (Å²) in [5.74, 6) is -0.151. The maximum Gasteiger partial charge on any atom is 0.416 e. The standard InChI is InChI=1S/C13H12F3NO/c1-3-17-11(8(2)18)6-9-4-5-10(7-12(9)17)13(14,15)16/h4-7H,3H2,1-2H3. The van der Waals surface area contributed by atoms with E-state index in [0.29, 0.717) is 23.1 Å². The fourth-order valence-electron chi connectivity index (χ4n) is 2.06. The Balaban J connectivity index is 2.72. The van der Waals surface area contributed by atoms with Crippen LogP contribution in [-0.2, 0) is 12.7 Å². The molecule has 2 rings (SSSR count). The first-order valence-corrected chi connectivity index (χ1v) is 5.56. The van der Waals surface area contributed by atoms with E-state index in [2.05, 4.69) is 0 Å². The summed E-state index contributed by atoms with van der Waals surface area (Å²) in [6.07, 6.45) is -4.37. The van der Waals surface area contributed by atoms with Crippen molar-refractivity contribution in [2.75, 3.05) is 0 Å². The van der Waals surface area contributed by atoms with E-state index in [9.17, 15) is 18.0 Å². The van der Waals surface area contributed by atoms with Gasteiger partial charge in [0.25, 0.3) is 0 Å². The molecule has 0 N–H and O–H groups in total. The number of fused-ring (bicyclic) bond motifs is 1. The number of Topliss-reactive ketones (excluding diaryl/α,β-unsaturated/α-hetero) is 1. The zero-order valence-corrected chi connectivity index (χ0v) is 10.0. The lowest BCUT2D eigenvalue weighted by molar-refractivity contribution is -0.137. The van der Waals surface area contributed by atoms with E-state index in [-0.39, 0.29) is 5.78 Å². The predicted molar refractivity (Wildman–Crippen MR) is 62.6 cm³/mol. The van der Waals surface area contributed by atoms with E-state index in [0.717, 1.165) is 12.1 Å². The van der Waals surface area contributed by atoms with E-state index in [1.807, 2.05) is 0 Å². The third kappa shape index (κ3) is 2.00. The molecule has 0 saturated carbocycles. The van der Waals surface area contributed by atoms with Crippen molar-refractivity contribution in [1.29, 1.82) is 0 Å². The summed E-state index contributed by atoms with van der Waals surface area (Å²) in [5, 5.41) is 0.648. The van der Waals surface area contributed by atoms with Crippen molar-refractivity contribution in [1.82, 2.24) is 4.57 Å². The summed E-state index contributed by atoms with van der Waals surface area (Å²) in [6.45, 7) is 3.66. The average Bonchev–Trinajstić information content (AvgIpc) is 2.65. The molecule has 2 aromatic rings. The molecule has 0 fully saturated rings. The molecule has 0 saturated heterocycles. The number of aromatic nitrogens is 1. The minimum Gasteiger partial charge on any atom is -0.338 e. The Bertz CT molecular complexity index is 610. The summed E-state index contributed by atoms with van der Waals surface area (Å²) >= 11 is 0. The molecular weight excluding hydrogens is 243 g/mol. The van der Waals surface area contributed by atoms with Crippen LogP contribution in [0.15, 0.2) is 24.3 Å². The first-order chi connectivity index (χ1) is 8.34. The molecule has 1 heterocycles. The number of nitrogens with zero attached hydrogens (tertiary/aromatic N) is 1. The molecular formula is C13H12F3NO. The van der Waals surface area contributed by atoms with Gasteiger partial charge in [0.1, 0.15) is 0 Å². The lowest BCUT2D eigenvalue weighted by Crippen LogP contribution is -2.07. The van der Waals surface area contributed by atoms with Crippen molar-refractivity contribution in [3.05, 3.63) is 35.5 Å². The van der Waals surface area contributed by atoms with Gasteiger partial charge < -0.3 is 4.57 Å².